The molecule has 164 valence electrons. The Morgan fingerprint density at radius 1 is 1.13 bits per heavy atom. The molecule has 0 atom stereocenters. The Morgan fingerprint density at radius 2 is 1.80 bits per heavy atom. The minimum absolute atomic E-state index is 0. The number of para-hydroxylation sites is 2. The van der Waals surface area contributed by atoms with Crippen molar-refractivity contribution >= 4 is 41.6 Å². The second-order valence-corrected chi connectivity index (χ2v) is 8.34. The summed E-state index contributed by atoms with van der Waals surface area (Å²) in [6.45, 7) is 5.47. The number of rotatable bonds is 7. The van der Waals surface area contributed by atoms with Gasteiger partial charge in [-0.3, -0.25) is 4.79 Å². The van der Waals surface area contributed by atoms with Gasteiger partial charge in [-0.1, -0.05) is 19.1 Å². The van der Waals surface area contributed by atoms with Crippen LogP contribution in [0.2, 0.25) is 0 Å². The third kappa shape index (κ3) is 5.32. The van der Waals surface area contributed by atoms with E-state index in [-0.39, 0.29) is 18.3 Å². The Labute approximate surface area is 190 Å². The van der Waals surface area contributed by atoms with Crippen molar-refractivity contribution in [3.05, 3.63) is 42.1 Å². The smallest absolute Gasteiger partial charge is 0.258 e. The summed E-state index contributed by atoms with van der Waals surface area (Å²) in [4.78, 5) is 24.8. The minimum atomic E-state index is 0. The number of thioether (sulfide) groups is 1. The lowest BCUT2D eigenvalue weighted by atomic mass is 10.2. The van der Waals surface area contributed by atoms with Crippen LogP contribution in [0.1, 0.15) is 23.7 Å². The van der Waals surface area contributed by atoms with Gasteiger partial charge in [-0.25, -0.2) is 4.98 Å². The average molecular weight is 451 g/mol. The van der Waals surface area contributed by atoms with Crippen LogP contribution in [-0.2, 0) is 0 Å². The molecule has 30 heavy (non-hydrogen) atoms. The van der Waals surface area contributed by atoms with E-state index in [1.165, 1.54) is 0 Å². The van der Waals surface area contributed by atoms with Crippen molar-refractivity contribution in [2.45, 2.75) is 18.2 Å². The molecule has 1 aliphatic heterocycles. The normalized spacial score (nSPS) is 13.6. The Kier molecular flexibility index (Phi) is 9.11. The fourth-order valence-corrected chi connectivity index (χ4v) is 4.38. The average Bonchev–Trinajstić information content (AvgIpc) is 2.76. The van der Waals surface area contributed by atoms with Crippen molar-refractivity contribution in [3.63, 3.8) is 0 Å². The molecule has 1 aromatic heterocycles. The largest absolute Gasteiger partial charge is 0.495 e. The van der Waals surface area contributed by atoms with Crippen LogP contribution in [0.5, 0.6) is 5.75 Å². The third-order valence-electron chi connectivity index (χ3n) is 4.98. The maximum absolute atomic E-state index is 13.0. The Morgan fingerprint density at radius 3 is 2.43 bits per heavy atom. The first-order valence-corrected chi connectivity index (χ1v) is 11.0. The standard InChI is InChI=1S/C22H30N4O2S.ClH/c1-5-16-29-19-10-11-23-21(20(19)22(27)24(2)3)26-14-12-25(13-15-26)17-8-6-7-9-18(17)28-4;/h6-11H,5,12-16H2,1-4H3;1H. The van der Waals surface area contributed by atoms with Crippen LogP contribution in [-0.4, -0.2) is 68.9 Å². The van der Waals surface area contributed by atoms with Gasteiger partial charge in [-0.15, -0.1) is 24.2 Å². The highest BCUT2D eigenvalue weighted by Gasteiger charge is 2.27. The van der Waals surface area contributed by atoms with Crippen molar-refractivity contribution in [1.82, 2.24) is 9.88 Å². The summed E-state index contributed by atoms with van der Waals surface area (Å²) >= 11 is 1.73. The third-order valence-corrected chi connectivity index (χ3v) is 6.24. The number of hydrogen-bond donors (Lipinski definition) is 0. The summed E-state index contributed by atoms with van der Waals surface area (Å²) < 4.78 is 5.52. The molecule has 2 aromatic rings. The molecule has 1 saturated heterocycles. The van der Waals surface area contributed by atoms with E-state index in [9.17, 15) is 4.79 Å². The zero-order valence-electron chi connectivity index (χ0n) is 18.1. The number of carbonyl (C=O) groups is 1. The summed E-state index contributed by atoms with van der Waals surface area (Å²) in [5.41, 5.74) is 1.83. The first-order chi connectivity index (χ1) is 14.1. The van der Waals surface area contributed by atoms with Gasteiger partial charge < -0.3 is 19.4 Å². The van der Waals surface area contributed by atoms with E-state index in [1.54, 1.807) is 37.9 Å². The molecule has 8 heteroatoms. The molecule has 6 nitrogen and oxygen atoms in total. The predicted octanol–water partition coefficient (Wildman–Crippen LogP) is 4.04. The van der Waals surface area contributed by atoms with Crippen LogP contribution in [0.25, 0.3) is 0 Å². The number of methoxy groups -OCH3 is 1. The maximum Gasteiger partial charge on any atom is 0.258 e. The van der Waals surface area contributed by atoms with E-state index in [2.05, 4.69) is 27.8 Å². The Bertz CT molecular complexity index is 842. The van der Waals surface area contributed by atoms with Gasteiger partial charge in [-0.2, -0.15) is 0 Å². The number of piperazine rings is 1. The lowest BCUT2D eigenvalue weighted by Crippen LogP contribution is -2.47. The summed E-state index contributed by atoms with van der Waals surface area (Å²) in [7, 11) is 5.30. The second-order valence-electron chi connectivity index (χ2n) is 7.20. The number of halogens is 1. The molecule has 0 radical (unpaired) electrons. The van der Waals surface area contributed by atoms with Gasteiger partial charge >= 0.3 is 0 Å². The number of pyridine rings is 1. The van der Waals surface area contributed by atoms with Crippen LogP contribution in [0, 0.1) is 0 Å². The van der Waals surface area contributed by atoms with Gasteiger partial charge in [0.15, 0.2) is 0 Å². The topological polar surface area (TPSA) is 48.9 Å². The summed E-state index contributed by atoms with van der Waals surface area (Å²) in [5, 5.41) is 0. The molecular formula is C22H31ClN4O2S. The number of ether oxygens (including phenoxy) is 1. The molecule has 0 unspecified atom stereocenters. The van der Waals surface area contributed by atoms with E-state index in [1.807, 2.05) is 30.5 Å². The van der Waals surface area contributed by atoms with E-state index in [4.69, 9.17) is 4.74 Å². The SMILES string of the molecule is CCCSc1ccnc(N2CCN(c3ccccc3OC)CC2)c1C(=O)N(C)C.Cl. The van der Waals surface area contributed by atoms with Gasteiger partial charge in [0.2, 0.25) is 0 Å². The molecule has 0 N–H and O–H groups in total. The van der Waals surface area contributed by atoms with Crippen molar-refractivity contribution in [1.29, 1.82) is 0 Å². The Balaban J connectivity index is 0.00000320. The van der Waals surface area contributed by atoms with Crippen molar-refractivity contribution < 1.29 is 9.53 Å². The van der Waals surface area contributed by atoms with Crippen molar-refractivity contribution in [3.8, 4) is 5.75 Å². The summed E-state index contributed by atoms with van der Waals surface area (Å²) in [6, 6.07) is 10.1. The molecular weight excluding hydrogens is 420 g/mol. The number of anilines is 2. The minimum Gasteiger partial charge on any atom is -0.495 e. The molecule has 0 aliphatic carbocycles. The lowest BCUT2D eigenvalue weighted by Gasteiger charge is -2.38. The van der Waals surface area contributed by atoms with E-state index >= 15 is 0 Å². The first-order valence-electron chi connectivity index (χ1n) is 10.0. The predicted molar refractivity (Wildman–Crippen MR) is 128 cm³/mol. The van der Waals surface area contributed by atoms with Crippen LogP contribution in [0.3, 0.4) is 0 Å². The van der Waals surface area contributed by atoms with Crippen LogP contribution >= 0.6 is 24.2 Å². The summed E-state index contributed by atoms with van der Waals surface area (Å²) in [6.07, 6.45) is 2.89. The molecule has 0 bridgehead atoms. The molecule has 1 aliphatic rings. The van der Waals surface area contributed by atoms with Gasteiger partial charge in [0, 0.05) is 51.4 Å². The number of benzene rings is 1. The molecule has 3 rings (SSSR count). The van der Waals surface area contributed by atoms with Gasteiger partial charge in [0.1, 0.15) is 11.6 Å². The van der Waals surface area contributed by atoms with Crippen molar-refractivity contribution in [2.75, 3.05) is 62.9 Å². The fraction of sp³-hybridized carbons (Fsp3) is 0.455. The molecule has 1 fully saturated rings. The number of hydrogen-bond acceptors (Lipinski definition) is 6. The van der Waals surface area contributed by atoms with E-state index in [0.717, 1.165) is 66.1 Å². The summed E-state index contributed by atoms with van der Waals surface area (Å²) in [5.74, 6) is 2.68. The lowest BCUT2D eigenvalue weighted by molar-refractivity contribution is 0.0824. The highest BCUT2D eigenvalue weighted by Crippen LogP contribution is 2.33. The number of amides is 1. The van der Waals surface area contributed by atoms with E-state index in [0.29, 0.717) is 0 Å². The monoisotopic (exact) mass is 450 g/mol. The molecule has 1 aromatic carbocycles. The van der Waals surface area contributed by atoms with E-state index < -0.39 is 0 Å². The number of carbonyl (C=O) groups excluding carboxylic acids is 1. The second kappa shape index (κ2) is 11.3. The fourth-order valence-electron chi connectivity index (χ4n) is 3.48. The zero-order valence-corrected chi connectivity index (χ0v) is 19.8. The molecule has 2 heterocycles. The van der Waals surface area contributed by atoms with Crippen molar-refractivity contribution in [2.24, 2.45) is 0 Å². The van der Waals surface area contributed by atoms with Gasteiger partial charge in [0.25, 0.3) is 5.91 Å². The van der Waals surface area contributed by atoms with Crippen LogP contribution in [0.4, 0.5) is 11.5 Å². The highest BCUT2D eigenvalue weighted by atomic mass is 35.5. The Hall–Kier alpha value is -2.12. The van der Waals surface area contributed by atoms with Gasteiger partial charge in [-0.05, 0) is 30.4 Å². The maximum atomic E-state index is 13.0. The van der Waals surface area contributed by atoms with Gasteiger partial charge in [0.05, 0.1) is 18.4 Å². The first kappa shape index (κ1) is 24.2. The van der Waals surface area contributed by atoms with Crippen LogP contribution < -0.4 is 14.5 Å². The molecule has 1 amide bonds. The number of aromatic nitrogens is 1. The number of nitrogens with zero attached hydrogens (tertiary/aromatic N) is 4. The zero-order chi connectivity index (χ0) is 20.8. The van der Waals surface area contributed by atoms with Crippen LogP contribution in [0.15, 0.2) is 41.4 Å². The molecule has 0 saturated carbocycles. The highest BCUT2D eigenvalue weighted by molar-refractivity contribution is 7.99. The molecule has 0 spiro atoms. The quantitative estimate of drug-likeness (QED) is 0.593.